The van der Waals surface area contributed by atoms with Gasteiger partial charge in [-0.3, -0.25) is 4.79 Å². The first-order chi connectivity index (χ1) is 7.70. The number of carbonyl (C=O) groups excluding carboxylic acids is 1. The Morgan fingerprint density at radius 2 is 2.12 bits per heavy atom. The van der Waals surface area contributed by atoms with Crippen LogP contribution in [-0.2, 0) is 0 Å². The molecular weight excluding hydrogens is 204 g/mol. The van der Waals surface area contributed by atoms with Crippen molar-refractivity contribution in [2.24, 2.45) is 0 Å². The maximum Gasteiger partial charge on any atom is 0.255 e. The second-order valence-corrected chi connectivity index (χ2v) is 3.53. The summed E-state index contributed by atoms with van der Waals surface area (Å²) in [5.74, 6) is -0.0781. The van der Waals surface area contributed by atoms with E-state index in [0.29, 0.717) is 12.1 Å². The molecule has 0 fully saturated rings. The van der Waals surface area contributed by atoms with Gasteiger partial charge >= 0.3 is 0 Å². The lowest BCUT2D eigenvalue weighted by Crippen LogP contribution is -2.30. The lowest BCUT2D eigenvalue weighted by molar-refractivity contribution is 0.0768. The molecule has 1 aromatic rings. The van der Waals surface area contributed by atoms with E-state index in [9.17, 15) is 4.79 Å². The topological polar surface area (TPSA) is 52.6 Å². The molecule has 0 spiro atoms. The number of carbonyl (C=O) groups is 1. The fraction of sp³-hybridized carbons (Fsp3) is 0.417. The average Bonchev–Trinajstić information content (AvgIpc) is 2.29. The molecule has 2 N–H and O–H groups in total. The van der Waals surface area contributed by atoms with Gasteiger partial charge in [-0.1, -0.05) is 12.1 Å². The first-order valence-corrected chi connectivity index (χ1v) is 5.40. The number of aliphatic hydroxyl groups is 1. The first kappa shape index (κ1) is 12.5. The van der Waals surface area contributed by atoms with E-state index in [1.165, 1.54) is 4.90 Å². The van der Waals surface area contributed by atoms with Crippen molar-refractivity contribution in [2.45, 2.75) is 6.92 Å². The second kappa shape index (κ2) is 6.12. The standard InChI is InChI=1S/C12H18N2O2/c1-3-13-11-7-5-4-6-10(11)12(16)14(2)8-9-15/h4-7,13,15H,3,8-9H2,1-2H3. The van der Waals surface area contributed by atoms with Crippen molar-refractivity contribution in [3.63, 3.8) is 0 Å². The van der Waals surface area contributed by atoms with Gasteiger partial charge in [0.2, 0.25) is 0 Å². The zero-order valence-corrected chi connectivity index (χ0v) is 9.73. The molecule has 0 atom stereocenters. The average molecular weight is 222 g/mol. The molecule has 0 saturated carbocycles. The van der Waals surface area contributed by atoms with Crippen LogP contribution in [0.3, 0.4) is 0 Å². The van der Waals surface area contributed by atoms with E-state index in [1.54, 1.807) is 13.1 Å². The number of benzene rings is 1. The summed E-state index contributed by atoms with van der Waals surface area (Å²) in [6.07, 6.45) is 0. The Kier molecular flexibility index (Phi) is 4.79. The van der Waals surface area contributed by atoms with Crippen molar-refractivity contribution < 1.29 is 9.90 Å². The third-order valence-electron chi connectivity index (χ3n) is 2.31. The third kappa shape index (κ3) is 2.97. The molecule has 1 aromatic carbocycles. The number of anilines is 1. The smallest absolute Gasteiger partial charge is 0.255 e. The fourth-order valence-corrected chi connectivity index (χ4v) is 1.47. The van der Waals surface area contributed by atoms with Crippen LogP contribution in [0.1, 0.15) is 17.3 Å². The number of para-hydroxylation sites is 1. The Bertz CT molecular complexity index is 353. The van der Waals surface area contributed by atoms with E-state index in [4.69, 9.17) is 5.11 Å². The minimum absolute atomic E-state index is 0.0222. The minimum atomic E-state index is -0.0781. The number of hydrogen-bond donors (Lipinski definition) is 2. The summed E-state index contributed by atoms with van der Waals surface area (Å²) in [5, 5.41) is 11.9. The number of likely N-dealkylation sites (N-methyl/N-ethyl adjacent to an activating group) is 1. The zero-order valence-electron chi connectivity index (χ0n) is 9.73. The fourth-order valence-electron chi connectivity index (χ4n) is 1.47. The van der Waals surface area contributed by atoms with E-state index in [0.717, 1.165) is 12.2 Å². The van der Waals surface area contributed by atoms with Crippen LogP contribution in [0.2, 0.25) is 0 Å². The van der Waals surface area contributed by atoms with Crippen LogP contribution in [-0.4, -0.2) is 42.7 Å². The molecule has 0 aliphatic carbocycles. The largest absolute Gasteiger partial charge is 0.395 e. The monoisotopic (exact) mass is 222 g/mol. The number of rotatable bonds is 5. The van der Waals surface area contributed by atoms with E-state index in [-0.39, 0.29) is 12.5 Å². The highest BCUT2D eigenvalue weighted by atomic mass is 16.3. The van der Waals surface area contributed by atoms with Gasteiger partial charge in [-0.25, -0.2) is 0 Å². The molecule has 0 heterocycles. The van der Waals surface area contributed by atoms with Crippen molar-refractivity contribution >= 4 is 11.6 Å². The summed E-state index contributed by atoms with van der Waals surface area (Å²) in [4.78, 5) is 13.5. The van der Waals surface area contributed by atoms with Crippen LogP contribution >= 0.6 is 0 Å². The van der Waals surface area contributed by atoms with Gasteiger partial charge in [-0.2, -0.15) is 0 Å². The highest BCUT2D eigenvalue weighted by Crippen LogP contribution is 2.16. The molecule has 16 heavy (non-hydrogen) atoms. The van der Waals surface area contributed by atoms with Gasteiger partial charge in [0.15, 0.2) is 0 Å². The maximum atomic E-state index is 12.0. The quantitative estimate of drug-likeness (QED) is 0.786. The summed E-state index contributed by atoms with van der Waals surface area (Å²) in [6, 6.07) is 7.39. The van der Waals surface area contributed by atoms with Gasteiger partial charge in [-0.05, 0) is 19.1 Å². The van der Waals surface area contributed by atoms with Crippen LogP contribution in [0.15, 0.2) is 24.3 Å². The van der Waals surface area contributed by atoms with Crippen LogP contribution in [0, 0.1) is 0 Å². The molecule has 0 aromatic heterocycles. The highest BCUT2D eigenvalue weighted by Gasteiger charge is 2.14. The van der Waals surface area contributed by atoms with E-state index in [1.807, 2.05) is 25.1 Å². The molecule has 1 rings (SSSR count). The minimum Gasteiger partial charge on any atom is -0.395 e. The lowest BCUT2D eigenvalue weighted by Gasteiger charge is -2.18. The van der Waals surface area contributed by atoms with Gasteiger partial charge in [0.25, 0.3) is 5.91 Å². The van der Waals surface area contributed by atoms with Crippen molar-refractivity contribution in [3.05, 3.63) is 29.8 Å². The molecule has 0 aliphatic rings. The Hall–Kier alpha value is -1.55. The van der Waals surface area contributed by atoms with Gasteiger partial charge in [0.05, 0.1) is 12.2 Å². The Balaban J connectivity index is 2.89. The Morgan fingerprint density at radius 1 is 1.44 bits per heavy atom. The molecule has 88 valence electrons. The molecular formula is C12H18N2O2. The predicted octanol–water partition coefficient (Wildman–Crippen LogP) is 1.18. The molecule has 0 unspecified atom stereocenters. The SMILES string of the molecule is CCNc1ccccc1C(=O)N(C)CCO. The van der Waals surface area contributed by atoms with E-state index >= 15 is 0 Å². The van der Waals surface area contributed by atoms with Crippen LogP contribution in [0.25, 0.3) is 0 Å². The third-order valence-corrected chi connectivity index (χ3v) is 2.31. The van der Waals surface area contributed by atoms with E-state index < -0.39 is 0 Å². The predicted molar refractivity (Wildman–Crippen MR) is 64.7 cm³/mol. The number of amides is 1. The molecule has 4 nitrogen and oxygen atoms in total. The summed E-state index contributed by atoms with van der Waals surface area (Å²) >= 11 is 0. The first-order valence-electron chi connectivity index (χ1n) is 5.40. The number of nitrogens with zero attached hydrogens (tertiary/aromatic N) is 1. The summed E-state index contributed by atoms with van der Waals surface area (Å²) in [5.41, 5.74) is 1.47. The molecule has 0 bridgehead atoms. The van der Waals surface area contributed by atoms with Gasteiger partial charge in [0, 0.05) is 25.8 Å². The second-order valence-electron chi connectivity index (χ2n) is 3.53. The Morgan fingerprint density at radius 3 is 2.75 bits per heavy atom. The summed E-state index contributed by atoms with van der Waals surface area (Å²) < 4.78 is 0. The van der Waals surface area contributed by atoms with Gasteiger partial charge in [-0.15, -0.1) is 0 Å². The Labute approximate surface area is 95.9 Å². The normalized spacial score (nSPS) is 9.94. The van der Waals surface area contributed by atoms with Crippen molar-refractivity contribution in [1.82, 2.24) is 4.90 Å². The molecule has 0 aliphatic heterocycles. The highest BCUT2D eigenvalue weighted by molar-refractivity contribution is 5.99. The number of nitrogens with one attached hydrogen (secondary N) is 1. The molecule has 0 saturated heterocycles. The summed E-state index contributed by atoms with van der Waals surface area (Å²) in [6.45, 7) is 3.08. The van der Waals surface area contributed by atoms with Crippen molar-refractivity contribution in [1.29, 1.82) is 0 Å². The summed E-state index contributed by atoms with van der Waals surface area (Å²) in [7, 11) is 1.68. The van der Waals surface area contributed by atoms with E-state index in [2.05, 4.69) is 5.32 Å². The lowest BCUT2D eigenvalue weighted by atomic mass is 10.1. The maximum absolute atomic E-state index is 12.0. The van der Waals surface area contributed by atoms with Crippen LogP contribution in [0.5, 0.6) is 0 Å². The number of aliphatic hydroxyl groups excluding tert-OH is 1. The van der Waals surface area contributed by atoms with Crippen LogP contribution in [0.4, 0.5) is 5.69 Å². The number of hydrogen-bond acceptors (Lipinski definition) is 3. The molecule has 0 radical (unpaired) electrons. The molecule has 1 amide bonds. The van der Waals surface area contributed by atoms with Gasteiger partial charge < -0.3 is 15.3 Å². The van der Waals surface area contributed by atoms with Gasteiger partial charge in [0.1, 0.15) is 0 Å². The molecule has 4 heteroatoms. The van der Waals surface area contributed by atoms with Crippen LogP contribution < -0.4 is 5.32 Å². The van der Waals surface area contributed by atoms with Crippen molar-refractivity contribution in [3.8, 4) is 0 Å². The van der Waals surface area contributed by atoms with Crippen molar-refractivity contribution in [2.75, 3.05) is 32.1 Å². The zero-order chi connectivity index (χ0) is 12.0.